The Balaban J connectivity index is 1.39. The molecule has 0 saturated carbocycles. The minimum Gasteiger partial charge on any atom is -0.387 e. The van der Waals surface area contributed by atoms with Crippen LogP contribution in [0.2, 0.25) is 0 Å². The van der Waals surface area contributed by atoms with Crippen LogP contribution >= 0.6 is 11.8 Å². The van der Waals surface area contributed by atoms with Crippen LogP contribution in [0.15, 0.2) is 88.3 Å². The monoisotopic (exact) mass is 376 g/mol. The number of rotatable bonds is 5. The molecule has 134 valence electrons. The zero-order valence-corrected chi connectivity index (χ0v) is 15.1. The first-order valence-electron chi connectivity index (χ1n) is 8.42. The second-order valence-corrected chi connectivity index (χ2v) is 6.89. The molecular formula is C20H16N4O2S. The molecule has 7 heteroatoms. The van der Waals surface area contributed by atoms with E-state index in [0.29, 0.717) is 17.8 Å². The summed E-state index contributed by atoms with van der Waals surface area (Å²) < 4.78 is 0. The third kappa shape index (κ3) is 4.32. The van der Waals surface area contributed by atoms with Crippen LogP contribution in [0.1, 0.15) is 18.1 Å². The zero-order chi connectivity index (χ0) is 18.5. The van der Waals surface area contributed by atoms with E-state index in [1.165, 1.54) is 11.8 Å². The van der Waals surface area contributed by atoms with Crippen LogP contribution in [0, 0.1) is 0 Å². The van der Waals surface area contributed by atoms with E-state index >= 15 is 0 Å². The largest absolute Gasteiger partial charge is 0.387 e. The van der Waals surface area contributed by atoms with E-state index in [1.54, 1.807) is 18.5 Å². The maximum Gasteiger partial charge on any atom is 0.273 e. The normalized spacial score (nSPS) is 15.7. The van der Waals surface area contributed by atoms with E-state index in [1.807, 2.05) is 54.6 Å². The number of benzene rings is 1. The van der Waals surface area contributed by atoms with Gasteiger partial charge in [-0.2, -0.15) is 0 Å². The predicted octanol–water partition coefficient (Wildman–Crippen LogP) is 4.08. The molecule has 0 fully saturated rings. The first-order chi connectivity index (χ1) is 13.3. The highest BCUT2D eigenvalue weighted by Crippen LogP contribution is 2.28. The van der Waals surface area contributed by atoms with Crippen molar-refractivity contribution in [3.05, 3.63) is 78.6 Å². The molecule has 3 aromatic rings. The molecule has 4 rings (SSSR count). The Morgan fingerprint density at radius 2 is 1.81 bits per heavy atom. The second kappa shape index (κ2) is 8.01. The van der Waals surface area contributed by atoms with Gasteiger partial charge in [0.2, 0.25) is 0 Å². The molecule has 1 N–H and O–H groups in total. The number of hydrogen-bond donors (Lipinski definition) is 1. The fourth-order valence-corrected chi connectivity index (χ4v) is 3.39. The summed E-state index contributed by atoms with van der Waals surface area (Å²) in [6.07, 6.45) is 3.60. The van der Waals surface area contributed by atoms with Gasteiger partial charge in [-0.05, 0) is 29.8 Å². The van der Waals surface area contributed by atoms with E-state index in [0.717, 1.165) is 15.6 Å². The summed E-state index contributed by atoms with van der Waals surface area (Å²) in [4.78, 5) is 26.5. The standard InChI is InChI=1S/C20H16N4O2S/c25-20(16-13-17(26-24-16)14-6-2-1-3-7-14)23-15-9-11-22-19(12-15)27-18-8-4-5-10-21-18/h1-12,17H,13H2,(H,22,23,25). The molecule has 0 spiro atoms. The quantitative estimate of drug-likeness (QED) is 0.726. The maximum absolute atomic E-state index is 12.5. The zero-order valence-electron chi connectivity index (χ0n) is 14.3. The number of carbonyl (C=O) groups excluding carboxylic acids is 1. The van der Waals surface area contributed by atoms with Crippen LogP contribution < -0.4 is 5.32 Å². The van der Waals surface area contributed by atoms with Gasteiger partial charge in [0.15, 0.2) is 6.10 Å². The van der Waals surface area contributed by atoms with Gasteiger partial charge in [0.1, 0.15) is 15.8 Å². The number of hydrogen-bond acceptors (Lipinski definition) is 6. The Morgan fingerprint density at radius 3 is 2.63 bits per heavy atom. The molecule has 1 unspecified atom stereocenters. The summed E-state index contributed by atoms with van der Waals surface area (Å²) in [5, 5.41) is 8.40. The number of anilines is 1. The average molecular weight is 376 g/mol. The van der Waals surface area contributed by atoms with Gasteiger partial charge in [0.25, 0.3) is 5.91 Å². The Hall–Kier alpha value is -3.19. The first kappa shape index (κ1) is 17.2. The molecule has 0 aliphatic carbocycles. The molecule has 2 aromatic heterocycles. The Bertz CT molecular complexity index is 964. The van der Waals surface area contributed by atoms with Gasteiger partial charge in [-0.15, -0.1) is 0 Å². The molecule has 0 radical (unpaired) electrons. The van der Waals surface area contributed by atoms with Gasteiger partial charge in [-0.25, -0.2) is 9.97 Å². The van der Waals surface area contributed by atoms with Crippen molar-refractivity contribution in [2.45, 2.75) is 22.6 Å². The minimum atomic E-state index is -0.270. The second-order valence-electron chi connectivity index (χ2n) is 5.85. The van der Waals surface area contributed by atoms with Crippen LogP contribution in [0.3, 0.4) is 0 Å². The fourth-order valence-electron chi connectivity index (χ4n) is 2.62. The topological polar surface area (TPSA) is 76.5 Å². The van der Waals surface area contributed by atoms with Crippen molar-refractivity contribution in [2.24, 2.45) is 5.16 Å². The van der Waals surface area contributed by atoms with Gasteiger partial charge < -0.3 is 10.2 Å². The van der Waals surface area contributed by atoms with Crippen molar-refractivity contribution >= 4 is 29.1 Å². The highest BCUT2D eigenvalue weighted by Gasteiger charge is 2.27. The lowest BCUT2D eigenvalue weighted by Gasteiger charge is -2.08. The molecule has 0 bridgehead atoms. The number of amides is 1. The van der Waals surface area contributed by atoms with E-state index < -0.39 is 0 Å². The number of carbonyl (C=O) groups is 1. The van der Waals surface area contributed by atoms with E-state index in [4.69, 9.17) is 4.84 Å². The van der Waals surface area contributed by atoms with E-state index in [2.05, 4.69) is 20.4 Å². The molecule has 1 aromatic carbocycles. The maximum atomic E-state index is 12.5. The highest BCUT2D eigenvalue weighted by atomic mass is 32.2. The summed E-state index contributed by atoms with van der Waals surface area (Å²) in [6, 6.07) is 19.0. The van der Waals surface area contributed by atoms with Gasteiger partial charge in [0.05, 0.1) is 0 Å². The number of nitrogens with one attached hydrogen (secondary N) is 1. The predicted molar refractivity (Wildman–Crippen MR) is 104 cm³/mol. The SMILES string of the molecule is O=C(Nc1ccnc(Sc2ccccn2)c1)C1=NOC(c2ccccc2)C1. The Morgan fingerprint density at radius 1 is 1.00 bits per heavy atom. The third-order valence-corrected chi connectivity index (χ3v) is 4.82. The molecule has 27 heavy (non-hydrogen) atoms. The van der Waals surface area contributed by atoms with Crippen molar-refractivity contribution in [1.82, 2.24) is 9.97 Å². The Labute approximate surface area is 160 Å². The van der Waals surface area contributed by atoms with Gasteiger partial charge in [0, 0.05) is 24.5 Å². The number of nitrogens with zero attached hydrogens (tertiary/aromatic N) is 3. The number of aromatic nitrogens is 2. The van der Waals surface area contributed by atoms with Crippen molar-refractivity contribution in [3.8, 4) is 0 Å². The van der Waals surface area contributed by atoms with Crippen molar-refractivity contribution in [1.29, 1.82) is 0 Å². The van der Waals surface area contributed by atoms with Gasteiger partial charge in [-0.3, -0.25) is 4.79 Å². The summed E-state index contributed by atoms with van der Waals surface area (Å²) >= 11 is 1.43. The highest BCUT2D eigenvalue weighted by molar-refractivity contribution is 7.99. The summed E-state index contributed by atoms with van der Waals surface area (Å²) in [5.74, 6) is -0.270. The minimum absolute atomic E-state index is 0.223. The molecule has 1 amide bonds. The van der Waals surface area contributed by atoms with Gasteiger partial charge in [-0.1, -0.05) is 53.3 Å². The fraction of sp³-hybridized carbons (Fsp3) is 0.100. The summed E-state index contributed by atoms with van der Waals surface area (Å²) in [5.41, 5.74) is 2.03. The molecular weight excluding hydrogens is 360 g/mol. The first-order valence-corrected chi connectivity index (χ1v) is 9.23. The van der Waals surface area contributed by atoms with E-state index in [-0.39, 0.29) is 12.0 Å². The summed E-state index contributed by atoms with van der Waals surface area (Å²) in [6.45, 7) is 0. The van der Waals surface area contributed by atoms with Crippen molar-refractivity contribution < 1.29 is 9.63 Å². The molecule has 1 aliphatic heterocycles. The van der Waals surface area contributed by atoms with E-state index in [9.17, 15) is 4.79 Å². The molecule has 1 aliphatic rings. The average Bonchev–Trinajstić information content (AvgIpc) is 3.20. The van der Waals surface area contributed by atoms with Crippen LogP contribution in [-0.2, 0) is 9.63 Å². The van der Waals surface area contributed by atoms with Crippen molar-refractivity contribution in [3.63, 3.8) is 0 Å². The molecule has 0 saturated heterocycles. The number of oxime groups is 1. The van der Waals surface area contributed by atoms with Crippen molar-refractivity contribution in [2.75, 3.05) is 5.32 Å². The molecule has 6 nitrogen and oxygen atoms in total. The third-order valence-electron chi connectivity index (χ3n) is 3.94. The van der Waals surface area contributed by atoms with Crippen LogP contribution in [-0.4, -0.2) is 21.6 Å². The lowest BCUT2D eigenvalue weighted by atomic mass is 10.0. The lowest BCUT2D eigenvalue weighted by molar-refractivity contribution is -0.110. The van der Waals surface area contributed by atoms with Crippen LogP contribution in [0.4, 0.5) is 5.69 Å². The summed E-state index contributed by atoms with van der Waals surface area (Å²) in [7, 11) is 0. The molecule has 3 heterocycles. The van der Waals surface area contributed by atoms with Crippen LogP contribution in [0.25, 0.3) is 0 Å². The smallest absolute Gasteiger partial charge is 0.273 e. The van der Waals surface area contributed by atoms with Gasteiger partial charge >= 0.3 is 0 Å². The lowest BCUT2D eigenvalue weighted by Crippen LogP contribution is -2.21. The number of pyridine rings is 2. The van der Waals surface area contributed by atoms with Crippen LogP contribution in [0.5, 0.6) is 0 Å². The molecule has 1 atom stereocenters. The Kier molecular flexibility index (Phi) is 5.11.